The van der Waals surface area contributed by atoms with E-state index in [9.17, 15) is 0 Å². The highest BCUT2D eigenvalue weighted by molar-refractivity contribution is 5.31. The smallest absolute Gasteiger partial charge is 0.123 e. The molecule has 0 atom stereocenters. The van der Waals surface area contributed by atoms with Crippen LogP contribution in [0.15, 0.2) is 24.3 Å². The molecule has 0 saturated carbocycles. The van der Waals surface area contributed by atoms with Crippen LogP contribution in [-0.4, -0.2) is 39.0 Å². The highest BCUT2D eigenvalue weighted by Crippen LogP contribution is 2.21. The summed E-state index contributed by atoms with van der Waals surface area (Å²) in [5.41, 5.74) is 0. The summed E-state index contributed by atoms with van der Waals surface area (Å²) in [5.74, 6) is 2.47. The third kappa shape index (κ3) is 3.61. The van der Waals surface area contributed by atoms with Crippen molar-refractivity contribution < 1.29 is 14.2 Å². The van der Waals surface area contributed by atoms with E-state index in [-0.39, 0.29) is 0 Å². The van der Waals surface area contributed by atoms with Crippen LogP contribution in [0.3, 0.4) is 0 Å². The van der Waals surface area contributed by atoms with E-state index in [1.54, 1.807) is 0 Å². The van der Waals surface area contributed by atoms with Crippen LogP contribution in [0.1, 0.15) is 12.8 Å². The van der Waals surface area contributed by atoms with Crippen molar-refractivity contribution in [2.24, 2.45) is 5.92 Å². The molecule has 19 heavy (non-hydrogen) atoms. The Morgan fingerprint density at radius 1 is 1.05 bits per heavy atom. The molecule has 1 aromatic carbocycles. The van der Waals surface area contributed by atoms with Crippen LogP contribution in [0.2, 0.25) is 0 Å². The maximum absolute atomic E-state index is 5.82. The van der Waals surface area contributed by atoms with Gasteiger partial charge in [0.1, 0.15) is 17.6 Å². The summed E-state index contributed by atoms with van der Waals surface area (Å²) in [6.45, 7) is 4.42. The minimum atomic E-state index is 0.328. The minimum absolute atomic E-state index is 0.328. The fourth-order valence-corrected chi connectivity index (χ4v) is 2.28. The summed E-state index contributed by atoms with van der Waals surface area (Å²) in [7, 11) is 0. The van der Waals surface area contributed by atoms with Crippen LogP contribution in [0.5, 0.6) is 11.5 Å². The summed E-state index contributed by atoms with van der Waals surface area (Å²) >= 11 is 0. The molecule has 0 radical (unpaired) electrons. The first-order chi connectivity index (χ1) is 9.40. The number of hydrogen-bond donors (Lipinski definition) is 1. The Morgan fingerprint density at radius 3 is 2.37 bits per heavy atom. The lowest BCUT2D eigenvalue weighted by molar-refractivity contribution is 0.0497. The molecule has 2 saturated heterocycles. The Morgan fingerprint density at radius 2 is 1.74 bits per heavy atom. The Bertz CT molecular complexity index is 383. The molecule has 1 N–H and O–H groups in total. The van der Waals surface area contributed by atoms with Crippen LogP contribution < -0.4 is 14.8 Å². The zero-order chi connectivity index (χ0) is 12.9. The van der Waals surface area contributed by atoms with Gasteiger partial charge in [0, 0.05) is 26.3 Å². The molecule has 0 aromatic heterocycles. The largest absolute Gasteiger partial charge is 0.493 e. The van der Waals surface area contributed by atoms with Gasteiger partial charge < -0.3 is 19.5 Å². The third-order valence-electron chi connectivity index (χ3n) is 3.70. The van der Waals surface area contributed by atoms with E-state index in [4.69, 9.17) is 14.2 Å². The summed E-state index contributed by atoms with van der Waals surface area (Å²) in [5, 5.41) is 3.19. The van der Waals surface area contributed by atoms with Gasteiger partial charge in [-0.1, -0.05) is 0 Å². The van der Waals surface area contributed by atoms with Crippen molar-refractivity contribution in [1.29, 1.82) is 0 Å². The van der Waals surface area contributed by atoms with Crippen LogP contribution in [-0.2, 0) is 4.74 Å². The zero-order valence-corrected chi connectivity index (χ0v) is 11.1. The molecule has 0 bridgehead atoms. The van der Waals surface area contributed by atoms with Gasteiger partial charge in [-0.05, 0) is 43.0 Å². The molecule has 0 spiro atoms. The van der Waals surface area contributed by atoms with Gasteiger partial charge in [0.2, 0.25) is 0 Å². The van der Waals surface area contributed by atoms with Gasteiger partial charge in [-0.25, -0.2) is 0 Å². The first kappa shape index (κ1) is 12.8. The van der Waals surface area contributed by atoms with Crippen molar-refractivity contribution in [3.8, 4) is 11.5 Å². The first-order valence-corrected chi connectivity index (χ1v) is 7.08. The standard InChI is InChI=1S/C15H21NO3/c1-3-14(19-15-9-16-10-15)4-2-13(1)18-11-12-5-7-17-8-6-12/h1-4,12,15-16H,5-11H2. The average molecular weight is 263 g/mol. The molecule has 4 heteroatoms. The average Bonchev–Trinajstić information content (AvgIpc) is 2.43. The summed E-state index contributed by atoms with van der Waals surface area (Å²) in [4.78, 5) is 0. The predicted octanol–water partition coefficient (Wildman–Crippen LogP) is 1.84. The fraction of sp³-hybridized carbons (Fsp3) is 0.600. The Balaban J connectivity index is 1.45. The second kappa shape index (κ2) is 6.26. The van der Waals surface area contributed by atoms with Crippen molar-refractivity contribution in [1.82, 2.24) is 5.32 Å². The van der Waals surface area contributed by atoms with Crippen LogP contribution in [0.25, 0.3) is 0 Å². The molecule has 0 amide bonds. The number of rotatable bonds is 5. The van der Waals surface area contributed by atoms with Crippen molar-refractivity contribution in [2.75, 3.05) is 32.9 Å². The lowest BCUT2D eigenvalue weighted by Crippen LogP contribution is -2.50. The highest BCUT2D eigenvalue weighted by Gasteiger charge is 2.18. The van der Waals surface area contributed by atoms with Crippen LogP contribution in [0, 0.1) is 5.92 Å². The number of hydrogen-bond acceptors (Lipinski definition) is 4. The summed E-state index contributed by atoms with van der Waals surface area (Å²) in [6.07, 6.45) is 2.54. The minimum Gasteiger partial charge on any atom is -0.493 e. The van der Waals surface area contributed by atoms with Crippen molar-refractivity contribution >= 4 is 0 Å². The van der Waals surface area contributed by atoms with Crippen molar-refractivity contribution in [3.63, 3.8) is 0 Å². The lowest BCUT2D eigenvalue weighted by Gasteiger charge is -2.27. The van der Waals surface area contributed by atoms with E-state index >= 15 is 0 Å². The maximum atomic E-state index is 5.82. The predicted molar refractivity (Wildman–Crippen MR) is 72.8 cm³/mol. The summed E-state index contributed by atoms with van der Waals surface area (Å²) in [6, 6.07) is 7.94. The molecule has 3 rings (SSSR count). The van der Waals surface area contributed by atoms with Gasteiger partial charge in [0.25, 0.3) is 0 Å². The van der Waals surface area contributed by atoms with E-state index in [2.05, 4.69) is 5.32 Å². The molecule has 0 aliphatic carbocycles. The Hall–Kier alpha value is -1.26. The number of nitrogens with one attached hydrogen (secondary N) is 1. The van der Waals surface area contributed by atoms with Gasteiger partial charge in [-0.2, -0.15) is 0 Å². The molecule has 104 valence electrons. The molecule has 1 aromatic rings. The summed E-state index contributed by atoms with van der Waals surface area (Å²) < 4.78 is 16.9. The van der Waals surface area contributed by atoms with Gasteiger partial charge in [0.05, 0.1) is 6.61 Å². The molecule has 4 nitrogen and oxygen atoms in total. The lowest BCUT2D eigenvalue weighted by atomic mass is 10.0. The molecule has 2 fully saturated rings. The van der Waals surface area contributed by atoms with Gasteiger partial charge in [-0.15, -0.1) is 0 Å². The zero-order valence-electron chi connectivity index (χ0n) is 11.1. The van der Waals surface area contributed by atoms with E-state index in [0.29, 0.717) is 12.0 Å². The first-order valence-electron chi connectivity index (χ1n) is 7.08. The van der Waals surface area contributed by atoms with Crippen LogP contribution >= 0.6 is 0 Å². The highest BCUT2D eigenvalue weighted by atomic mass is 16.5. The van der Waals surface area contributed by atoms with Crippen molar-refractivity contribution in [2.45, 2.75) is 18.9 Å². The second-order valence-electron chi connectivity index (χ2n) is 5.24. The van der Waals surface area contributed by atoms with Gasteiger partial charge >= 0.3 is 0 Å². The van der Waals surface area contributed by atoms with E-state index < -0.39 is 0 Å². The number of ether oxygens (including phenoxy) is 3. The van der Waals surface area contributed by atoms with Gasteiger partial charge in [0.15, 0.2) is 0 Å². The second-order valence-corrected chi connectivity index (χ2v) is 5.24. The van der Waals surface area contributed by atoms with Crippen LogP contribution in [0.4, 0.5) is 0 Å². The van der Waals surface area contributed by atoms with E-state index in [1.165, 1.54) is 0 Å². The van der Waals surface area contributed by atoms with Crippen molar-refractivity contribution in [3.05, 3.63) is 24.3 Å². The molecular formula is C15H21NO3. The molecule has 2 aliphatic rings. The molecular weight excluding hydrogens is 242 g/mol. The molecule has 2 heterocycles. The maximum Gasteiger partial charge on any atom is 0.123 e. The molecule has 0 unspecified atom stereocenters. The third-order valence-corrected chi connectivity index (χ3v) is 3.70. The Kier molecular flexibility index (Phi) is 4.20. The molecule has 2 aliphatic heterocycles. The SMILES string of the molecule is c1cc(OC2CNC2)ccc1OCC1CCOCC1. The van der Waals surface area contributed by atoms with E-state index in [1.807, 2.05) is 24.3 Å². The fourth-order valence-electron chi connectivity index (χ4n) is 2.28. The normalized spacial score (nSPS) is 20.8. The van der Waals surface area contributed by atoms with Gasteiger partial charge in [-0.3, -0.25) is 0 Å². The number of benzene rings is 1. The Labute approximate surface area is 114 Å². The monoisotopic (exact) mass is 263 g/mol. The quantitative estimate of drug-likeness (QED) is 0.880. The van der Waals surface area contributed by atoms with E-state index in [0.717, 1.165) is 57.3 Å². The topological polar surface area (TPSA) is 39.7 Å².